The van der Waals surface area contributed by atoms with Gasteiger partial charge in [0.05, 0.1) is 12.6 Å². The zero-order valence-corrected chi connectivity index (χ0v) is 15.3. The van der Waals surface area contributed by atoms with Crippen molar-refractivity contribution in [3.8, 4) is 11.6 Å². The van der Waals surface area contributed by atoms with Crippen LogP contribution in [0.1, 0.15) is 52.4 Å². The smallest absolute Gasteiger partial charge is 0.264 e. The fourth-order valence-corrected chi connectivity index (χ4v) is 2.84. The summed E-state index contributed by atoms with van der Waals surface area (Å²) in [5.41, 5.74) is 1.17. The van der Waals surface area contributed by atoms with Crippen LogP contribution in [-0.4, -0.2) is 22.7 Å². The number of hydrogen-bond acceptors (Lipinski definition) is 4. The molecule has 1 heterocycles. The van der Waals surface area contributed by atoms with E-state index in [1.54, 1.807) is 17.7 Å². The number of hydrogen-bond donors (Lipinski definition) is 1. The monoisotopic (exact) mass is 345 g/mol. The molecule has 0 aliphatic heterocycles. The van der Waals surface area contributed by atoms with Crippen molar-refractivity contribution in [3.05, 3.63) is 18.2 Å². The number of aromatic hydroxyl groups is 1. The minimum absolute atomic E-state index is 0.0348. The van der Waals surface area contributed by atoms with Crippen LogP contribution < -0.4 is 4.74 Å². The number of ether oxygens (including phenoxy) is 1. The quantitative estimate of drug-likeness (QED) is 0.492. The molecule has 0 bridgehead atoms. The Balaban J connectivity index is 2.28. The van der Waals surface area contributed by atoms with E-state index < -0.39 is 0 Å². The molecule has 6 nitrogen and oxygen atoms in total. The lowest BCUT2D eigenvalue weighted by Gasteiger charge is -2.04. The summed E-state index contributed by atoms with van der Waals surface area (Å²) in [4.78, 5) is 11.9. The zero-order valence-electron chi connectivity index (χ0n) is 15.3. The van der Waals surface area contributed by atoms with Crippen molar-refractivity contribution in [1.82, 2.24) is 4.57 Å². The maximum atomic E-state index is 11.9. The van der Waals surface area contributed by atoms with Crippen molar-refractivity contribution in [1.29, 1.82) is 0 Å². The summed E-state index contributed by atoms with van der Waals surface area (Å²) in [6.07, 6.45) is 5.36. The van der Waals surface area contributed by atoms with Gasteiger partial charge in [-0.25, -0.2) is 0 Å². The van der Waals surface area contributed by atoms with Crippen molar-refractivity contribution in [3.63, 3.8) is 0 Å². The Morgan fingerprint density at radius 2 is 2.00 bits per heavy atom. The van der Waals surface area contributed by atoms with Crippen LogP contribution in [0.2, 0.25) is 0 Å². The Kier molecular flexibility index (Phi) is 6.98. The molecule has 1 aromatic carbocycles. The van der Waals surface area contributed by atoms with E-state index in [9.17, 15) is 9.90 Å². The van der Waals surface area contributed by atoms with Crippen LogP contribution in [0.4, 0.5) is 5.69 Å². The normalized spacial score (nSPS) is 11.5. The van der Waals surface area contributed by atoms with E-state index in [0.29, 0.717) is 24.4 Å². The van der Waals surface area contributed by atoms with Crippen LogP contribution in [0.3, 0.4) is 0 Å². The van der Waals surface area contributed by atoms with Gasteiger partial charge in [0.2, 0.25) is 5.88 Å². The number of methoxy groups -OCH3 is 1. The van der Waals surface area contributed by atoms with E-state index in [0.717, 1.165) is 43.0 Å². The fourth-order valence-electron chi connectivity index (χ4n) is 2.84. The molecule has 2 aromatic rings. The fraction of sp³-hybridized carbons (Fsp3) is 0.526. The first-order valence-corrected chi connectivity index (χ1v) is 8.96. The molecule has 136 valence electrons. The first-order chi connectivity index (χ1) is 12.1. The highest BCUT2D eigenvalue weighted by molar-refractivity contribution is 5.96. The number of carbonyl (C=O) groups is 1. The molecule has 0 saturated heterocycles. The Labute approximate surface area is 148 Å². The summed E-state index contributed by atoms with van der Waals surface area (Å²) in [6.45, 7) is 4.83. The van der Waals surface area contributed by atoms with E-state index >= 15 is 0 Å². The SMILES string of the molecule is CCCCCCC(=O)N=Nc1c(O)n(CCC)c2ccc(OC)cc12. The van der Waals surface area contributed by atoms with Crippen molar-refractivity contribution in [2.24, 2.45) is 10.2 Å². The number of carbonyl (C=O) groups excluding carboxylic acids is 1. The minimum atomic E-state index is -0.255. The Morgan fingerprint density at radius 3 is 2.68 bits per heavy atom. The second kappa shape index (κ2) is 9.20. The van der Waals surface area contributed by atoms with Crippen LogP contribution in [0.15, 0.2) is 28.4 Å². The first kappa shape index (κ1) is 19.0. The number of aromatic nitrogens is 1. The van der Waals surface area contributed by atoms with Gasteiger partial charge in [0, 0.05) is 18.4 Å². The summed E-state index contributed by atoms with van der Waals surface area (Å²) in [6, 6.07) is 5.53. The third-order valence-corrected chi connectivity index (χ3v) is 4.17. The van der Waals surface area contributed by atoms with Gasteiger partial charge in [-0.1, -0.05) is 33.1 Å². The topological polar surface area (TPSA) is 76.2 Å². The van der Waals surface area contributed by atoms with Gasteiger partial charge < -0.3 is 14.4 Å². The average Bonchev–Trinajstić information content (AvgIpc) is 2.88. The molecule has 0 radical (unpaired) electrons. The molecular weight excluding hydrogens is 318 g/mol. The first-order valence-electron chi connectivity index (χ1n) is 8.96. The maximum Gasteiger partial charge on any atom is 0.264 e. The van der Waals surface area contributed by atoms with Gasteiger partial charge >= 0.3 is 0 Å². The van der Waals surface area contributed by atoms with Crippen LogP contribution in [-0.2, 0) is 11.3 Å². The largest absolute Gasteiger partial charge is 0.497 e. The molecule has 0 aliphatic rings. The summed E-state index contributed by atoms with van der Waals surface area (Å²) in [7, 11) is 1.59. The van der Waals surface area contributed by atoms with Crippen LogP contribution in [0.25, 0.3) is 10.9 Å². The van der Waals surface area contributed by atoms with E-state index in [4.69, 9.17) is 4.74 Å². The number of aryl methyl sites for hydroxylation is 1. The van der Waals surface area contributed by atoms with Gasteiger partial charge in [0.15, 0.2) is 5.69 Å². The van der Waals surface area contributed by atoms with Gasteiger partial charge in [0.1, 0.15) is 5.75 Å². The maximum absolute atomic E-state index is 11.9. The number of nitrogens with zero attached hydrogens (tertiary/aromatic N) is 3. The zero-order chi connectivity index (χ0) is 18.2. The summed E-state index contributed by atoms with van der Waals surface area (Å²) in [5.74, 6) is 0.450. The Morgan fingerprint density at radius 1 is 1.20 bits per heavy atom. The van der Waals surface area contributed by atoms with Gasteiger partial charge in [-0.15, -0.1) is 10.2 Å². The predicted octanol–water partition coefficient (Wildman–Crippen LogP) is 5.35. The number of azo groups is 1. The van der Waals surface area contributed by atoms with Gasteiger partial charge in [-0.3, -0.25) is 4.79 Å². The lowest BCUT2D eigenvalue weighted by atomic mass is 10.1. The van der Waals surface area contributed by atoms with Crippen LogP contribution in [0, 0.1) is 0 Å². The second-order valence-electron chi connectivity index (χ2n) is 6.11. The second-order valence-corrected chi connectivity index (χ2v) is 6.11. The highest BCUT2D eigenvalue weighted by Gasteiger charge is 2.17. The van der Waals surface area contributed by atoms with Gasteiger partial charge in [0.25, 0.3) is 5.91 Å². The summed E-state index contributed by atoms with van der Waals surface area (Å²) >= 11 is 0. The molecule has 2 rings (SSSR count). The van der Waals surface area contributed by atoms with E-state index in [1.165, 1.54) is 0 Å². The number of unbranched alkanes of at least 4 members (excludes halogenated alkanes) is 3. The van der Waals surface area contributed by atoms with E-state index in [2.05, 4.69) is 17.2 Å². The highest BCUT2D eigenvalue weighted by Crippen LogP contribution is 2.40. The molecule has 0 atom stereocenters. The number of amides is 1. The lowest BCUT2D eigenvalue weighted by Crippen LogP contribution is -1.95. The highest BCUT2D eigenvalue weighted by atomic mass is 16.5. The molecule has 1 aromatic heterocycles. The third kappa shape index (κ3) is 4.59. The molecule has 0 aliphatic carbocycles. The minimum Gasteiger partial charge on any atom is -0.497 e. The predicted molar refractivity (Wildman–Crippen MR) is 98.7 cm³/mol. The van der Waals surface area contributed by atoms with Crippen molar-refractivity contribution in [2.45, 2.75) is 58.9 Å². The molecule has 0 saturated carbocycles. The van der Waals surface area contributed by atoms with Gasteiger partial charge in [-0.05, 0) is 31.0 Å². The van der Waals surface area contributed by atoms with Gasteiger partial charge in [-0.2, -0.15) is 0 Å². The van der Waals surface area contributed by atoms with Crippen molar-refractivity contribution < 1.29 is 14.6 Å². The van der Waals surface area contributed by atoms with Crippen LogP contribution >= 0.6 is 0 Å². The molecule has 0 unspecified atom stereocenters. The Bertz CT molecular complexity index is 750. The summed E-state index contributed by atoms with van der Waals surface area (Å²) < 4.78 is 7.04. The molecule has 1 N–H and O–H groups in total. The van der Waals surface area contributed by atoms with Crippen LogP contribution in [0.5, 0.6) is 11.6 Å². The molecular formula is C19H27N3O3. The molecule has 1 amide bonds. The lowest BCUT2D eigenvalue weighted by molar-refractivity contribution is -0.118. The number of rotatable bonds is 9. The Hall–Kier alpha value is -2.37. The molecule has 0 fully saturated rings. The van der Waals surface area contributed by atoms with E-state index in [1.807, 2.05) is 19.1 Å². The van der Waals surface area contributed by atoms with Crippen molar-refractivity contribution >= 4 is 22.5 Å². The molecule has 25 heavy (non-hydrogen) atoms. The average molecular weight is 345 g/mol. The third-order valence-electron chi connectivity index (χ3n) is 4.17. The molecule has 6 heteroatoms. The molecule has 0 spiro atoms. The number of benzene rings is 1. The number of fused-ring (bicyclic) bond motifs is 1. The van der Waals surface area contributed by atoms with E-state index in [-0.39, 0.29) is 11.8 Å². The van der Waals surface area contributed by atoms with Crippen molar-refractivity contribution in [2.75, 3.05) is 7.11 Å². The summed E-state index contributed by atoms with van der Waals surface area (Å²) in [5, 5.41) is 19.1. The standard InChI is InChI=1S/C19H27N3O3/c1-4-6-7-8-9-17(23)20-21-18-15-13-14(25-3)10-11-16(15)22(12-5-2)19(18)24/h10-11,13,24H,4-9,12H2,1-3H3.